The topological polar surface area (TPSA) is 23.6 Å². The predicted octanol–water partition coefficient (Wildman–Crippen LogP) is 4.30. The Kier molecular flexibility index (Phi) is 4.63. The van der Waals surface area contributed by atoms with Gasteiger partial charge in [-0.3, -0.25) is 4.79 Å². The molecule has 0 atom stereocenters. The molecule has 0 aliphatic carbocycles. The van der Waals surface area contributed by atoms with Crippen LogP contribution in [0.4, 0.5) is 5.69 Å². The van der Waals surface area contributed by atoms with E-state index in [1.54, 1.807) is 13.0 Å². The van der Waals surface area contributed by atoms with Crippen LogP contribution in [0.2, 0.25) is 0 Å². The number of hydrogen-bond donors (Lipinski definition) is 0. The lowest BCUT2D eigenvalue weighted by Crippen LogP contribution is -2.47. The van der Waals surface area contributed by atoms with E-state index in [2.05, 4.69) is 17.0 Å². The average Bonchev–Trinajstić information content (AvgIpc) is 2.79. The lowest BCUT2D eigenvalue weighted by Gasteiger charge is -2.38. The molecule has 1 aliphatic heterocycles. The van der Waals surface area contributed by atoms with Crippen molar-refractivity contribution in [2.45, 2.75) is 32.2 Å². The first kappa shape index (κ1) is 12.9. The van der Waals surface area contributed by atoms with Crippen LogP contribution in [0.3, 0.4) is 0 Å². The Hall–Kier alpha value is -2.39. The number of hydrogen-bond acceptors (Lipinski definition) is 2. The Morgan fingerprint density at radius 2 is 1.88 bits per heavy atom. The van der Waals surface area contributed by atoms with Gasteiger partial charge in [-0.1, -0.05) is 54.5 Å². The molecule has 0 bridgehead atoms. The minimum absolute atomic E-state index is 0.0307. The summed E-state index contributed by atoms with van der Waals surface area (Å²) in [5, 5.41) is 0. The van der Waals surface area contributed by atoms with E-state index >= 15 is 0 Å². The number of likely N-dealkylation sites (tertiary alicyclic amines) is 1. The molecule has 3 heteroatoms. The van der Waals surface area contributed by atoms with Gasteiger partial charge in [0.2, 0.25) is 0 Å². The maximum absolute atomic E-state index is 12.9. The molecule has 2 aromatic rings. The van der Waals surface area contributed by atoms with Gasteiger partial charge in [-0.2, -0.15) is 0 Å². The second-order valence-corrected chi connectivity index (χ2v) is 6.49. The molecular formula is C23H28N2O. The maximum Gasteiger partial charge on any atom is 0.250 e. The molecule has 1 amide bonds. The van der Waals surface area contributed by atoms with Crippen LogP contribution in [0, 0.1) is 0 Å². The van der Waals surface area contributed by atoms with E-state index in [1.165, 1.54) is 16.5 Å². The van der Waals surface area contributed by atoms with Crippen molar-refractivity contribution in [3.05, 3.63) is 78.3 Å². The summed E-state index contributed by atoms with van der Waals surface area (Å²) in [5.41, 5.74) is 1.26. The molecule has 136 valence electrons. The van der Waals surface area contributed by atoms with Gasteiger partial charge in [0, 0.05) is 31.4 Å². The highest BCUT2D eigenvalue weighted by atomic mass is 16.2. The number of nitrogens with zero attached hydrogens (tertiary/aromatic N) is 2. The van der Waals surface area contributed by atoms with Crippen molar-refractivity contribution in [3.8, 4) is 0 Å². The van der Waals surface area contributed by atoms with Crippen molar-refractivity contribution in [3.63, 3.8) is 0 Å². The third-order valence-electron chi connectivity index (χ3n) is 4.76. The highest BCUT2D eigenvalue weighted by molar-refractivity contribution is 6.01. The molecule has 26 heavy (non-hydrogen) atoms. The van der Waals surface area contributed by atoms with E-state index in [-0.39, 0.29) is 29.7 Å². The number of carbonyl (C=O) groups is 1. The van der Waals surface area contributed by atoms with E-state index in [0.717, 1.165) is 26.1 Å². The Balaban J connectivity index is 1.80. The first-order chi connectivity index (χ1) is 14.8. The predicted molar refractivity (Wildman–Crippen MR) is 108 cm³/mol. The quantitative estimate of drug-likeness (QED) is 0.723. The second-order valence-electron chi connectivity index (χ2n) is 6.49. The Morgan fingerprint density at radius 3 is 2.54 bits per heavy atom. The molecule has 1 heterocycles. The summed E-state index contributed by atoms with van der Waals surface area (Å²) in [6, 6.07) is 8.11. The van der Waals surface area contributed by atoms with Gasteiger partial charge in [0.05, 0.1) is 6.85 Å². The highest BCUT2D eigenvalue weighted by Gasteiger charge is 2.27. The van der Waals surface area contributed by atoms with Crippen LogP contribution in [0.25, 0.3) is 0 Å². The number of piperidine rings is 1. The molecule has 0 unspecified atom stereocenters. The number of amides is 1. The normalized spacial score (nSPS) is 18.7. The number of carbonyl (C=O) groups excluding carboxylic acids is 1. The molecule has 1 saturated heterocycles. The Labute approximate surface area is 164 Å². The largest absolute Gasteiger partial charge is 0.306 e. The van der Waals surface area contributed by atoms with E-state index < -0.39 is 18.1 Å². The number of benzene rings is 2. The van der Waals surface area contributed by atoms with E-state index in [0.29, 0.717) is 12.8 Å². The van der Waals surface area contributed by atoms with Crippen LogP contribution >= 0.6 is 0 Å². The number of para-hydroxylation sites is 1. The minimum atomic E-state index is -0.451. The maximum atomic E-state index is 12.9. The summed E-state index contributed by atoms with van der Waals surface area (Å²) in [5.74, 6) is -0.358. The summed E-state index contributed by atoms with van der Waals surface area (Å²) >= 11 is 0. The molecular weight excluding hydrogens is 320 g/mol. The van der Waals surface area contributed by atoms with Gasteiger partial charge in [0.15, 0.2) is 0 Å². The summed E-state index contributed by atoms with van der Waals surface area (Å²) in [4.78, 5) is 16.7. The number of allylic oxidation sites excluding steroid dienone is 1. The summed E-state index contributed by atoms with van der Waals surface area (Å²) in [6.07, 6.45) is 5.32. The van der Waals surface area contributed by atoms with Crippen LogP contribution in [-0.2, 0) is 11.2 Å². The first-order valence-corrected chi connectivity index (χ1v) is 9.14. The lowest BCUT2D eigenvalue weighted by molar-refractivity contribution is -0.114. The highest BCUT2D eigenvalue weighted by Crippen LogP contribution is 2.24. The number of anilines is 1. The van der Waals surface area contributed by atoms with Gasteiger partial charge in [0.25, 0.3) is 5.91 Å². The molecule has 0 aromatic heterocycles. The summed E-state index contributed by atoms with van der Waals surface area (Å²) in [6.45, 7) is 4.23. The summed E-state index contributed by atoms with van der Waals surface area (Å²) < 4.78 is 40.4. The fraction of sp³-hybridized carbons (Fsp3) is 0.348. The molecule has 0 spiro atoms. The van der Waals surface area contributed by atoms with Crippen LogP contribution in [0.5, 0.6) is 0 Å². The van der Waals surface area contributed by atoms with Crippen molar-refractivity contribution in [2.24, 2.45) is 0 Å². The molecule has 3 nitrogen and oxygen atoms in total. The Bertz CT molecular complexity index is 927. The standard InChI is InChI=1S/C23H28N2O/c1-2-9-23(26)25(21-12-7-4-8-13-21)22-15-18-24(19-16-22)17-14-20-10-5-3-6-11-20/h2-13,22H,14-19H2,1H3/b9-2+/i4D,7D,8D,12D,13D. The molecule has 3 rings (SSSR count). The molecule has 0 N–H and O–H groups in total. The minimum Gasteiger partial charge on any atom is -0.306 e. The van der Waals surface area contributed by atoms with Crippen LogP contribution < -0.4 is 4.90 Å². The van der Waals surface area contributed by atoms with Crippen LogP contribution in [-0.4, -0.2) is 36.5 Å². The van der Waals surface area contributed by atoms with Gasteiger partial charge < -0.3 is 9.80 Å². The fourth-order valence-corrected chi connectivity index (χ4v) is 3.39. The Morgan fingerprint density at radius 1 is 1.19 bits per heavy atom. The van der Waals surface area contributed by atoms with Crippen molar-refractivity contribution in [2.75, 3.05) is 24.5 Å². The molecule has 0 saturated carbocycles. The SMILES string of the molecule is [2H]c1c([2H])c([2H])c(N(C(=O)/C=C/C)C2CCN(CCc3ccccc3)CC2)c([2H])c1[2H]. The van der Waals surface area contributed by atoms with E-state index in [4.69, 9.17) is 6.85 Å². The molecule has 1 aliphatic rings. The van der Waals surface area contributed by atoms with Gasteiger partial charge >= 0.3 is 0 Å². The zero-order chi connectivity index (χ0) is 22.5. The van der Waals surface area contributed by atoms with Crippen molar-refractivity contribution in [1.29, 1.82) is 0 Å². The third kappa shape index (κ3) is 4.83. The first-order valence-electron chi connectivity index (χ1n) is 11.6. The smallest absolute Gasteiger partial charge is 0.250 e. The lowest BCUT2D eigenvalue weighted by atomic mass is 10.0. The van der Waals surface area contributed by atoms with Gasteiger partial charge in [0.1, 0.15) is 0 Å². The molecule has 2 aromatic carbocycles. The molecule has 1 fully saturated rings. The number of rotatable bonds is 6. The van der Waals surface area contributed by atoms with Crippen molar-refractivity contribution in [1.82, 2.24) is 4.90 Å². The van der Waals surface area contributed by atoms with Gasteiger partial charge in [-0.05, 0) is 49.9 Å². The average molecular weight is 354 g/mol. The fourth-order valence-electron chi connectivity index (χ4n) is 3.39. The third-order valence-corrected chi connectivity index (χ3v) is 4.76. The van der Waals surface area contributed by atoms with Crippen LogP contribution in [0.1, 0.15) is 32.2 Å². The zero-order valence-electron chi connectivity index (χ0n) is 20.2. The second kappa shape index (κ2) is 9.35. The van der Waals surface area contributed by atoms with Crippen molar-refractivity contribution < 1.29 is 11.6 Å². The van der Waals surface area contributed by atoms with E-state index in [9.17, 15) is 4.79 Å². The monoisotopic (exact) mass is 353 g/mol. The zero-order valence-corrected chi connectivity index (χ0v) is 15.2. The molecule has 0 radical (unpaired) electrons. The summed E-state index contributed by atoms with van der Waals surface area (Å²) in [7, 11) is 0. The van der Waals surface area contributed by atoms with Gasteiger partial charge in [-0.15, -0.1) is 0 Å². The van der Waals surface area contributed by atoms with E-state index in [1.807, 2.05) is 18.2 Å². The van der Waals surface area contributed by atoms with Crippen molar-refractivity contribution >= 4 is 11.6 Å². The van der Waals surface area contributed by atoms with Gasteiger partial charge in [-0.25, -0.2) is 0 Å². The van der Waals surface area contributed by atoms with Crippen LogP contribution in [0.15, 0.2) is 72.7 Å².